The fraction of sp³-hybridized carbons (Fsp3) is 0.250. The Kier molecular flexibility index (Phi) is 6.13. The van der Waals surface area contributed by atoms with Crippen molar-refractivity contribution >= 4 is 28.3 Å². The quantitative estimate of drug-likeness (QED) is 0.664. The van der Waals surface area contributed by atoms with Crippen LogP contribution < -0.4 is 10.2 Å². The number of fused-ring (bicyclic) bond motifs is 1. The van der Waals surface area contributed by atoms with Crippen LogP contribution in [-0.2, 0) is 4.79 Å². The highest BCUT2D eigenvalue weighted by Crippen LogP contribution is 2.18. The topological polar surface area (TPSA) is 72.9 Å². The molecule has 31 heavy (non-hydrogen) atoms. The zero-order valence-electron chi connectivity index (χ0n) is 17.0. The molecule has 4 rings (SSSR count). The number of aliphatic hydroxyl groups is 1. The minimum atomic E-state index is -1.00. The summed E-state index contributed by atoms with van der Waals surface area (Å²) in [6, 6.07) is 18.3. The van der Waals surface area contributed by atoms with Gasteiger partial charge in [-0.05, 0) is 47.2 Å². The number of carbonyl (C=O) groups excluding carboxylic acids is 2. The van der Waals surface area contributed by atoms with Crippen LogP contribution in [0, 0.1) is 5.82 Å². The third kappa shape index (κ3) is 4.67. The molecule has 160 valence electrons. The van der Waals surface area contributed by atoms with E-state index in [9.17, 15) is 19.1 Å². The van der Waals surface area contributed by atoms with Crippen molar-refractivity contribution in [3.63, 3.8) is 0 Å². The van der Waals surface area contributed by atoms with Gasteiger partial charge in [-0.2, -0.15) is 0 Å². The number of piperazine rings is 1. The second-order valence-corrected chi connectivity index (χ2v) is 7.56. The number of benzene rings is 3. The third-order valence-electron chi connectivity index (χ3n) is 5.58. The molecule has 1 heterocycles. The summed E-state index contributed by atoms with van der Waals surface area (Å²) in [6.07, 6.45) is 0. The summed E-state index contributed by atoms with van der Waals surface area (Å²) in [6.45, 7) is 1.62. The average Bonchev–Trinajstić information content (AvgIpc) is 2.82. The second kappa shape index (κ2) is 9.14. The van der Waals surface area contributed by atoms with Gasteiger partial charge in [0, 0.05) is 37.4 Å². The number of amides is 2. The number of hydrogen-bond acceptors (Lipinski definition) is 4. The number of anilines is 1. The Hall–Kier alpha value is -3.45. The molecule has 1 saturated heterocycles. The highest BCUT2D eigenvalue weighted by atomic mass is 19.1. The van der Waals surface area contributed by atoms with Crippen LogP contribution >= 0.6 is 0 Å². The van der Waals surface area contributed by atoms with Crippen LogP contribution in [0.25, 0.3) is 10.8 Å². The Morgan fingerprint density at radius 3 is 2.29 bits per heavy atom. The largest absolute Gasteiger partial charge is 0.394 e. The lowest BCUT2D eigenvalue weighted by Crippen LogP contribution is -2.56. The highest BCUT2D eigenvalue weighted by Gasteiger charge is 2.28. The van der Waals surface area contributed by atoms with E-state index in [0.717, 1.165) is 16.5 Å². The minimum absolute atomic E-state index is 0.287. The van der Waals surface area contributed by atoms with Gasteiger partial charge in [-0.1, -0.05) is 30.3 Å². The lowest BCUT2D eigenvalue weighted by atomic mass is 10.1. The van der Waals surface area contributed by atoms with Gasteiger partial charge in [0.05, 0.1) is 6.61 Å². The Bertz CT molecular complexity index is 1080. The molecular weight excluding hydrogens is 397 g/mol. The first kappa shape index (κ1) is 20.8. The first-order valence-corrected chi connectivity index (χ1v) is 10.2. The molecule has 0 bridgehead atoms. The molecule has 7 heteroatoms. The van der Waals surface area contributed by atoms with Crippen LogP contribution in [0.3, 0.4) is 0 Å². The maximum absolute atomic E-state index is 13.1. The van der Waals surface area contributed by atoms with Gasteiger partial charge in [0.2, 0.25) is 5.91 Å². The van der Waals surface area contributed by atoms with Crippen molar-refractivity contribution in [2.75, 3.05) is 37.7 Å². The number of aliphatic hydroxyl groups excluding tert-OH is 1. The maximum atomic E-state index is 13.1. The van der Waals surface area contributed by atoms with Gasteiger partial charge in [0.1, 0.15) is 11.9 Å². The Labute approximate surface area is 179 Å². The van der Waals surface area contributed by atoms with Gasteiger partial charge in [-0.25, -0.2) is 4.39 Å². The summed E-state index contributed by atoms with van der Waals surface area (Å²) >= 11 is 0. The van der Waals surface area contributed by atoms with Crippen molar-refractivity contribution in [2.24, 2.45) is 0 Å². The summed E-state index contributed by atoms with van der Waals surface area (Å²) in [5, 5.41) is 14.4. The highest BCUT2D eigenvalue weighted by molar-refractivity contribution is 6.00. The van der Waals surface area contributed by atoms with Gasteiger partial charge < -0.3 is 20.2 Å². The molecule has 0 spiro atoms. The van der Waals surface area contributed by atoms with Crippen LogP contribution in [0.15, 0.2) is 66.7 Å². The number of halogens is 1. The van der Waals surface area contributed by atoms with Gasteiger partial charge in [-0.15, -0.1) is 0 Å². The van der Waals surface area contributed by atoms with Crippen LogP contribution in [0.4, 0.5) is 10.1 Å². The third-order valence-corrected chi connectivity index (χ3v) is 5.58. The van der Waals surface area contributed by atoms with E-state index >= 15 is 0 Å². The summed E-state index contributed by atoms with van der Waals surface area (Å²) in [5.41, 5.74) is 1.34. The molecule has 1 fully saturated rings. The fourth-order valence-electron chi connectivity index (χ4n) is 3.81. The molecule has 3 aromatic rings. The average molecular weight is 421 g/mol. The molecular formula is C24H24FN3O3. The summed E-state index contributed by atoms with van der Waals surface area (Å²) in [4.78, 5) is 29.3. The van der Waals surface area contributed by atoms with E-state index < -0.39 is 18.6 Å². The minimum Gasteiger partial charge on any atom is -0.394 e. The fourth-order valence-corrected chi connectivity index (χ4v) is 3.81. The normalized spacial score (nSPS) is 15.0. The second-order valence-electron chi connectivity index (χ2n) is 7.56. The molecule has 0 aromatic heterocycles. The molecule has 2 N–H and O–H groups in total. The molecule has 6 nitrogen and oxygen atoms in total. The van der Waals surface area contributed by atoms with Crippen LogP contribution in [0.5, 0.6) is 0 Å². The molecule has 0 aliphatic carbocycles. The van der Waals surface area contributed by atoms with Gasteiger partial charge in [0.25, 0.3) is 5.91 Å². The van der Waals surface area contributed by atoms with Crippen molar-refractivity contribution in [3.8, 4) is 0 Å². The van der Waals surface area contributed by atoms with Gasteiger partial charge in [0.15, 0.2) is 0 Å². The van der Waals surface area contributed by atoms with E-state index in [2.05, 4.69) is 10.2 Å². The van der Waals surface area contributed by atoms with Crippen molar-refractivity contribution < 1.29 is 19.1 Å². The number of nitrogens with one attached hydrogen (secondary N) is 1. The Morgan fingerprint density at radius 2 is 1.61 bits per heavy atom. The SMILES string of the molecule is O=C(N[C@@H](CO)C(=O)N1CCN(c2ccc(F)cc2)CC1)c1ccc2ccccc2c1. The Morgan fingerprint density at radius 1 is 0.935 bits per heavy atom. The van der Waals surface area contributed by atoms with Gasteiger partial charge >= 0.3 is 0 Å². The Balaban J connectivity index is 1.37. The maximum Gasteiger partial charge on any atom is 0.252 e. The number of carbonyl (C=O) groups is 2. The molecule has 0 saturated carbocycles. The molecule has 1 atom stereocenters. The number of rotatable bonds is 5. The molecule has 2 amide bonds. The van der Waals surface area contributed by atoms with E-state index in [4.69, 9.17) is 0 Å². The zero-order valence-corrected chi connectivity index (χ0v) is 17.0. The van der Waals surface area contributed by atoms with E-state index in [1.807, 2.05) is 30.3 Å². The first-order valence-electron chi connectivity index (χ1n) is 10.2. The number of nitrogens with zero attached hydrogens (tertiary/aromatic N) is 2. The van der Waals surface area contributed by atoms with Crippen LogP contribution in [0.2, 0.25) is 0 Å². The van der Waals surface area contributed by atoms with Crippen molar-refractivity contribution in [3.05, 3.63) is 78.1 Å². The van der Waals surface area contributed by atoms with E-state index in [1.165, 1.54) is 12.1 Å². The first-order chi connectivity index (χ1) is 15.0. The van der Waals surface area contributed by atoms with Crippen LogP contribution in [-0.4, -0.2) is 60.6 Å². The summed E-state index contributed by atoms with van der Waals surface area (Å²) < 4.78 is 13.1. The van der Waals surface area contributed by atoms with Crippen LogP contribution in [0.1, 0.15) is 10.4 Å². The van der Waals surface area contributed by atoms with E-state index in [0.29, 0.717) is 31.7 Å². The molecule has 0 unspecified atom stereocenters. The lowest BCUT2D eigenvalue weighted by molar-refractivity contribution is -0.134. The van der Waals surface area contributed by atoms with Crippen molar-refractivity contribution in [1.82, 2.24) is 10.2 Å². The van der Waals surface area contributed by atoms with Crippen molar-refractivity contribution in [1.29, 1.82) is 0 Å². The predicted octanol–water partition coefficient (Wildman–Crippen LogP) is 2.42. The standard InChI is InChI=1S/C24H24FN3O3/c25-20-7-9-21(10-8-20)27-11-13-28(14-12-27)24(31)22(16-29)26-23(30)19-6-5-17-3-1-2-4-18(17)15-19/h1-10,15,22,29H,11-14,16H2,(H,26,30)/t22-/m0/s1. The zero-order chi connectivity index (χ0) is 21.8. The smallest absolute Gasteiger partial charge is 0.252 e. The summed E-state index contributed by atoms with van der Waals surface area (Å²) in [5.74, 6) is -0.996. The molecule has 0 radical (unpaired) electrons. The number of hydrogen-bond donors (Lipinski definition) is 2. The molecule has 1 aliphatic heterocycles. The van der Waals surface area contributed by atoms with Gasteiger partial charge in [-0.3, -0.25) is 9.59 Å². The van der Waals surface area contributed by atoms with Crippen molar-refractivity contribution in [2.45, 2.75) is 6.04 Å². The predicted molar refractivity (Wildman–Crippen MR) is 117 cm³/mol. The summed E-state index contributed by atoms with van der Waals surface area (Å²) in [7, 11) is 0. The lowest BCUT2D eigenvalue weighted by Gasteiger charge is -2.37. The van der Waals surface area contributed by atoms with E-state index in [1.54, 1.807) is 29.2 Å². The van der Waals surface area contributed by atoms with E-state index in [-0.39, 0.29) is 11.7 Å². The molecule has 3 aromatic carbocycles. The molecule has 1 aliphatic rings. The monoisotopic (exact) mass is 421 g/mol.